The maximum Gasteiger partial charge on any atom is 0.107 e. The van der Waals surface area contributed by atoms with Crippen LogP contribution in [0, 0.1) is 0 Å². The molecule has 0 aliphatic rings. The second-order valence-electron chi connectivity index (χ2n) is 3.19. The van der Waals surface area contributed by atoms with E-state index in [1.807, 2.05) is 36.3 Å². The highest BCUT2D eigenvalue weighted by atomic mass is 32.2. The summed E-state index contributed by atoms with van der Waals surface area (Å²) in [6, 6.07) is 3.96. The van der Waals surface area contributed by atoms with Crippen LogP contribution in [0.1, 0.15) is 13.3 Å². The van der Waals surface area contributed by atoms with E-state index in [9.17, 15) is 0 Å². The minimum absolute atomic E-state index is 1.00. The zero-order valence-electron chi connectivity index (χ0n) is 8.60. The molecule has 0 saturated heterocycles. The Morgan fingerprint density at radius 1 is 1.47 bits per heavy atom. The lowest BCUT2D eigenvalue weighted by Gasteiger charge is -2.00. The number of pyridine rings is 1. The minimum Gasteiger partial charge on any atom is -0.284 e. The molecule has 0 spiro atoms. The molecule has 2 rings (SSSR count). The first-order valence-electron chi connectivity index (χ1n) is 4.98. The Kier molecular flexibility index (Phi) is 3.40. The average Bonchev–Trinajstić information content (AvgIpc) is 2.75. The van der Waals surface area contributed by atoms with Crippen molar-refractivity contribution in [1.82, 2.24) is 15.2 Å². The van der Waals surface area contributed by atoms with Crippen LogP contribution in [0.5, 0.6) is 0 Å². The van der Waals surface area contributed by atoms with Crippen molar-refractivity contribution >= 4 is 11.8 Å². The van der Waals surface area contributed by atoms with Crippen molar-refractivity contribution < 1.29 is 0 Å². The lowest BCUT2D eigenvalue weighted by Crippen LogP contribution is -1.82. The number of rotatable bonds is 4. The summed E-state index contributed by atoms with van der Waals surface area (Å²) in [4.78, 5) is 5.30. The first kappa shape index (κ1) is 10.2. The fourth-order valence-corrected chi connectivity index (χ4v) is 2.17. The maximum atomic E-state index is 4.25. The minimum atomic E-state index is 1.00. The lowest BCUT2D eigenvalue weighted by atomic mass is 10.2. The maximum absolute atomic E-state index is 4.25. The number of H-pyrrole nitrogens is 1. The third kappa shape index (κ3) is 2.39. The van der Waals surface area contributed by atoms with Gasteiger partial charge in [-0.15, -0.1) is 11.8 Å². The normalized spacial score (nSPS) is 10.5. The summed E-state index contributed by atoms with van der Waals surface area (Å²) in [5.74, 6) is 1.12. The summed E-state index contributed by atoms with van der Waals surface area (Å²) in [5, 5.41) is 7.16. The van der Waals surface area contributed by atoms with Crippen molar-refractivity contribution in [3.63, 3.8) is 0 Å². The number of aromatic nitrogens is 3. The van der Waals surface area contributed by atoms with Crippen LogP contribution in [0.4, 0.5) is 0 Å². The quantitative estimate of drug-likeness (QED) is 0.804. The van der Waals surface area contributed by atoms with Crippen molar-refractivity contribution in [3.8, 4) is 11.3 Å². The Hall–Kier alpha value is -1.29. The molecule has 2 aromatic heterocycles. The van der Waals surface area contributed by atoms with Gasteiger partial charge in [-0.25, -0.2) is 0 Å². The molecule has 0 bridgehead atoms. The Balaban J connectivity index is 2.25. The van der Waals surface area contributed by atoms with Crippen LogP contribution in [0.25, 0.3) is 11.3 Å². The van der Waals surface area contributed by atoms with Crippen molar-refractivity contribution in [2.75, 3.05) is 5.75 Å². The lowest BCUT2D eigenvalue weighted by molar-refractivity contribution is 1.09. The summed E-state index contributed by atoms with van der Waals surface area (Å²) < 4.78 is 0. The van der Waals surface area contributed by atoms with E-state index in [2.05, 4.69) is 22.1 Å². The molecule has 0 aliphatic heterocycles. The van der Waals surface area contributed by atoms with E-state index >= 15 is 0 Å². The zero-order chi connectivity index (χ0) is 10.5. The topological polar surface area (TPSA) is 41.6 Å². The molecule has 0 atom stereocenters. The molecule has 4 heteroatoms. The predicted octanol–water partition coefficient (Wildman–Crippen LogP) is 2.97. The van der Waals surface area contributed by atoms with Gasteiger partial charge >= 0.3 is 0 Å². The van der Waals surface area contributed by atoms with Gasteiger partial charge in [-0.1, -0.05) is 6.92 Å². The van der Waals surface area contributed by atoms with Gasteiger partial charge in [0.05, 0.1) is 4.90 Å². The van der Waals surface area contributed by atoms with E-state index in [-0.39, 0.29) is 0 Å². The Morgan fingerprint density at radius 2 is 2.40 bits per heavy atom. The highest BCUT2D eigenvalue weighted by Gasteiger charge is 2.07. The zero-order valence-corrected chi connectivity index (χ0v) is 9.42. The van der Waals surface area contributed by atoms with Crippen molar-refractivity contribution in [2.45, 2.75) is 18.2 Å². The average molecular weight is 219 g/mol. The second-order valence-corrected chi connectivity index (χ2v) is 4.33. The molecule has 1 N–H and O–H groups in total. The molecule has 0 aromatic carbocycles. The van der Waals surface area contributed by atoms with Crippen LogP contribution >= 0.6 is 11.8 Å². The highest BCUT2D eigenvalue weighted by Crippen LogP contribution is 2.28. The van der Waals surface area contributed by atoms with Gasteiger partial charge < -0.3 is 0 Å². The van der Waals surface area contributed by atoms with Crippen LogP contribution in [-0.2, 0) is 0 Å². The largest absolute Gasteiger partial charge is 0.284 e. The van der Waals surface area contributed by atoms with Gasteiger partial charge in [0.2, 0.25) is 0 Å². The molecule has 0 amide bonds. The third-order valence-electron chi connectivity index (χ3n) is 2.00. The van der Waals surface area contributed by atoms with E-state index < -0.39 is 0 Å². The van der Waals surface area contributed by atoms with Crippen molar-refractivity contribution in [1.29, 1.82) is 0 Å². The molecule has 2 aromatic rings. The van der Waals surface area contributed by atoms with Gasteiger partial charge in [0, 0.05) is 24.2 Å². The molecule has 0 saturated carbocycles. The van der Waals surface area contributed by atoms with Gasteiger partial charge in [-0.05, 0) is 24.3 Å². The van der Waals surface area contributed by atoms with E-state index in [4.69, 9.17) is 0 Å². The first-order valence-corrected chi connectivity index (χ1v) is 5.97. The Bertz CT molecular complexity index is 411. The second kappa shape index (κ2) is 4.98. The first-order chi connectivity index (χ1) is 7.42. The van der Waals surface area contributed by atoms with Crippen LogP contribution in [0.3, 0.4) is 0 Å². The molecular weight excluding hydrogens is 206 g/mol. The fourth-order valence-electron chi connectivity index (χ4n) is 1.31. The summed E-state index contributed by atoms with van der Waals surface area (Å²) >= 11 is 1.83. The van der Waals surface area contributed by atoms with Crippen LogP contribution in [0.2, 0.25) is 0 Å². The van der Waals surface area contributed by atoms with Gasteiger partial charge in [-0.2, -0.15) is 5.10 Å². The molecule has 0 radical (unpaired) electrons. The Labute approximate surface area is 93.3 Å². The number of aromatic amines is 1. The smallest absolute Gasteiger partial charge is 0.107 e. The molecule has 3 nitrogen and oxygen atoms in total. The molecule has 2 heterocycles. The van der Waals surface area contributed by atoms with Crippen LogP contribution in [0.15, 0.2) is 35.6 Å². The number of thioether (sulfide) groups is 1. The number of hydrogen-bond acceptors (Lipinski definition) is 3. The van der Waals surface area contributed by atoms with Crippen LogP contribution in [-0.4, -0.2) is 20.9 Å². The summed E-state index contributed by atoms with van der Waals surface area (Å²) in [5.41, 5.74) is 2.07. The molecule has 15 heavy (non-hydrogen) atoms. The van der Waals surface area contributed by atoms with E-state index in [0.717, 1.165) is 17.0 Å². The SMILES string of the molecule is CCCSc1c[nH]nc1-c1cccnc1. The van der Waals surface area contributed by atoms with Gasteiger partial charge in [0.1, 0.15) is 5.69 Å². The van der Waals surface area contributed by atoms with Gasteiger partial charge in [0.15, 0.2) is 0 Å². The van der Waals surface area contributed by atoms with E-state index in [1.54, 1.807) is 6.20 Å². The monoisotopic (exact) mass is 219 g/mol. The summed E-state index contributed by atoms with van der Waals surface area (Å²) in [7, 11) is 0. The fraction of sp³-hybridized carbons (Fsp3) is 0.273. The molecule has 78 valence electrons. The van der Waals surface area contributed by atoms with Crippen LogP contribution < -0.4 is 0 Å². The van der Waals surface area contributed by atoms with Crippen molar-refractivity contribution in [2.24, 2.45) is 0 Å². The predicted molar refractivity (Wildman–Crippen MR) is 62.8 cm³/mol. The number of hydrogen-bond donors (Lipinski definition) is 1. The Morgan fingerprint density at radius 3 is 3.13 bits per heavy atom. The van der Waals surface area contributed by atoms with E-state index in [0.29, 0.717) is 0 Å². The summed E-state index contributed by atoms with van der Waals surface area (Å²) in [6.07, 6.45) is 6.73. The van der Waals surface area contributed by atoms with E-state index in [1.165, 1.54) is 11.3 Å². The number of nitrogens with one attached hydrogen (secondary N) is 1. The molecule has 0 aliphatic carbocycles. The standard InChI is InChI=1S/C11H13N3S/c1-2-6-15-10-8-13-14-11(10)9-4-3-5-12-7-9/h3-5,7-8H,2,6H2,1H3,(H,13,14). The molecule has 0 fully saturated rings. The van der Waals surface area contributed by atoms with Gasteiger partial charge in [-0.3, -0.25) is 10.1 Å². The molecular formula is C11H13N3S. The third-order valence-corrected chi connectivity index (χ3v) is 3.24. The molecule has 0 unspecified atom stereocenters. The summed E-state index contributed by atoms with van der Waals surface area (Å²) in [6.45, 7) is 2.18. The van der Waals surface area contributed by atoms with Crippen molar-refractivity contribution in [3.05, 3.63) is 30.7 Å². The number of nitrogens with zero attached hydrogens (tertiary/aromatic N) is 2. The highest BCUT2D eigenvalue weighted by molar-refractivity contribution is 7.99. The van der Waals surface area contributed by atoms with Gasteiger partial charge in [0.25, 0.3) is 0 Å².